The Bertz CT molecular complexity index is 1020. The van der Waals surface area contributed by atoms with Gasteiger partial charge >= 0.3 is 0 Å². The quantitative estimate of drug-likeness (QED) is 0.600. The summed E-state index contributed by atoms with van der Waals surface area (Å²) in [6, 6.07) is 10.7. The maximum absolute atomic E-state index is 12.6. The minimum absolute atomic E-state index is 0.0762. The van der Waals surface area contributed by atoms with Crippen LogP contribution in [-0.2, 0) is 10.0 Å². The zero-order chi connectivity index (χ0) is 22.6. The van der Waals surface area contributed by atoms with Crippen molar-refractivity contribution in [3.05, 3.63) is 58.1 Å². The zero-order valence-electron chi connectivity index (χ0n) is 17.6. The summed E-state index contributed by atoms with van der Waals surface area (Å²) in [5, 5.41) is 3.43. The number of carbonyl (C=O) groups excluding carboxylic acids is 1. The van der Waals surface area contributed by atoms with Crippen LogP contribution in [0.5, 0.6) is 0 Å². The average molecular weight is 484 g/mol. The van der Waals surface area contributed by atoms with Crippen LogP contribution < -0.4 is 10.0 Å². The third-order valence-electron chi connectivity index (χ3n) is 5.13. The van der Waals surface area contributed by atoms with Crippen LogP contribution in [0.2, 0.25) is 10.0 Å². The summed E-state index contributed by atoms with van der Waals surface area (Å²) in [4.78, 5) is 14.9. The molecule has 0 spiro atoms. The number of piperidine rings is 1. The smallest absolute Gasteiger partial charge is 0.263 e. The third-order valence-corrected chi connectivity index (χ3v) is 7.23. The van der Waals surface area contributed by atoms with Gasteiger partial charge in [0.2, 0.25) is 0 Å². The summed E-state index contributed by atoms with van der Waals surface area (Å²) < 4.78 is 27.7. The molecule has 6 nitrogen and oxygen atoms in total. The molecule has 31 heavy (non-hydrogen) atoms. The second-order valence-electron chi connectivity index (χ2n) is 8.20. The Morgan fingerprint density at radius 2 is 1.74 bits per heavy atom. The molecule has 0 unspecified atom stereocenters. The number of anilines is 1. The fraction of sp³-hybridized carbons (Fsp3) is 0.409. The van der Waals surface area contributed by atoms with E-state index in [1.54, 1.807) is 24.3 Å². The van der Waals surface area contributed by atoms with Gasteiger partial charge in [0, 0.05) is 41.9 Å². The molecule has 0 saturated carbocycles. The number of amides is 1. The van der Waals surface area contributed by atoms with Crippen molar-refractivity contribution in [3.63, 3.8) is 0 Å². The molecule has 1 amide bonds. The van der Waals surface area contributed by atoms with E-state index in [1.165, 1.54) is 18.2 Å². The standard InChI is InChI=1S/C22H27Cl2N3O3S/c1-15(2)14-27-11-9-18(10-12-27)25-22(28)16-3-6-19(7-4-16)26-31(29,30)21-13-17(23)5-8-20(21)24/h3-8,13,15,18,26H,9-12,14H2,1-2H3,(H,25,28). The van der Waals surface area contributed by atoms with Gasteiger partial charge in [-0.15, -0.1) is 0 Å². The topological polar surface area (TPSA) is 78.5 Å². The van der Waals surface area contributed by atoms with Crippen molar-refractivity contribution < 1.29 is 13.2 Å². The van der Waals surface area contributed by atoms with E-state index >= 15 is 0 Å². The molecule has 1 fully saturated rings. The number of rotatable bonds is 7. The first-order chi connectivity index (χ1) is 14.6. The van der Waals surface area contributed by atoms with E-state index in [4.69, 9.17) is 23.2 Å². The SMILES string of the molecule is CC(C)CN1CCC(NC(=O)c2ccc(NS(=O)(=O)c3cc(Cl)ccc3Cl)cc2)CC1. The maximum Gasteiger partial charge on any atom is 0.263 e. The normalized spacial score (nSPS) is 15.8. The highest BCUT2D eigenvalue weighted by Gasteiger charge is 2.22. The second-order valence-corrected chi connectivity index (χ2v) is 10.7. The molecule has 2 aromatic carbocycles. The molecule has 2 aromatic rings. The predicted molar refractivity (Wildman–Crippen MR) is 125 cm³/mol. The van der Waals surface area contributed by atoms with E-state index < -0.39 is 10.0 Å². The maximum atomic E-state index is 12.6. The molecule has 0 bridgehead atoms. The van der Waals surface area contributed by atoms with Crippen molar-refractivity contribution in [1.82, 2.24) is 10.2 Å². The van der Waals surface area contributed by atoms with E-state index in [0.717, 1.165) is 32.5 Å². The van der Waals surface area contributed by atoms with Crippen molar-refractivity contribution in [2.75, 3.05) is 24.4 Å². The van der Waals surface area contributed by atoms with Crippen LogP contribution in [0, 0.1) is 5.92 Å². The van der Waals surface area contributed by atoms with E-state index in [-0.39, 0.29) is 26.9 Å². The zero-order valence-corrected chi connectivity index (χ0v) is 19.9. The van der Waals surface area contributed by atoms with Gasteiger partial charge < -0.3 is 10.2 Å². The van der Waals surface area contributed by atoms with E-state index in [9.17, 15) is 13.2 Å². The Kier molecular flexibility index (Phi) is 7.86. The van der Waals surface area contributed by atoms with Crippen LogP contribution in [0.15, 0.2) is 47.4 Å². The molecule has 1 saturated heterocycles. The third kappa shape index (κ3) is 6.59. The number of nitrogens with one attached hydrogen (secondary N) is 2. The first kappa shape index (κ1) is 23.9. The molecule has 9 heteroatoms. The summed E-state index contributed by atoms with van der Waals surface area (Å²) >= 11 is 11.9. The van der Waals surface area contributed by atoms with Gasteiger partial charge in [0.1, 0.15) is 4.90 Å². The molecule has 1 aliphatic rings. The monoisotopic (exact) mass is 483 g/mol. The highest BCUT2D eigenvalue weighted by molar-refractivity contribution is 7.92. The first-order valence-corrected chi connectivity index (χ1v) is 12.5. The number of hydrogen-bond acceptors (Lipinski definition) is 4. The number of hydrogen-bond donors (Lipinski definition) is 2. The molecule has 0 aliphatic carbocycles. The van der Waals surface area contributed by atoms with Crippen molar-refractivity contribution in [2.45, 2.75) is 37.6 Å². The lowest BCUT2D eigenvalue weighted by molar-refractivity contribution is 0.0907. The van der Waals surface area contributed by atoms with Crippen molar-refractivity contribution in [1.29, 1.82) is 0 Å². The molecule has 1 heterocycles. The number of benzene rings is 2. The van der Waals surface area contributed by atoms with Crippen molar-refractivity contribution >= 4 is 44.8 Å². The number of nitrogens with zero attached hydrogens (tertiary/aromatic N) is 1. The van der Waals surface area contributed by atoms with E-state index in [0.29, 0.717) is 17.2 Å². The van der Waals surface area contributed by atoms with Crippen LogP contribution in [0.25, 0.3) is 0 Å². The largest absolute Gasteiger partial charge is 0.349 e. The van der Waals surface area contributed by atoms with Gasteiger partial charge in [-0.25, -0.2) is 8.42 Å². The highest BCUT2D eigenvalue weighted by Crippen LogP contribution is 2.27. The van der Waals surface area contributed by atoms with Crippen molar-refractivity contribution in [2.24, 2.45) is 5.92 Å². The van der Waals surface area contributed by atoms with Crippen LogP contribution in [-0.4, -0.2) is 44.9 Å². The second kappa shape index (κ2) is 10.2. The molecular formula is C22H27Cl2N3O3S. The van der Waals surface area contributed by atoms with Gasteiger partial charge in [0.05, 0.1) is 5.02 Å². The molecule has 168 valence electrons. The number of carbonyl (C=O) groups is 1. The summed E-state index contributed by atoms with van der Waals surface area (Å²) in [7, 11) is -3.91. The molecule has 2 N–H and O–H groups in total. The average Bonchev–Trinajstić information content (AvgIpc) is 2.71. The lowest BCUT2D eigenvalue weighted by Gasteiger charge is -2.33. The number of sulfonamides is 1. The van der Waals surface area contributed by atoms with Gasteiger partial charge in [-0.1, -0.05) is 37.0 Å². The van der Waals surface area contributed by atoms with Crippen LogP contribution in [0.1, 0.15) is 37.0 Å². The Labute approximate surface area is 194 Å². The number of halogens is 2. The first-order valence-electron chi connectivity index (χ1n) is 10.2. The highest BCUT2D eigenvalue weighted by atomic mass is 35.5. The van der Waals surface area contributed by atoms with Gasteiger partial charge in [0.15, 0.2) is 0 Å². The fourth-order valence-electron chi connectivity index (χ4n) is 3.63. The molecule has 3 rings (SSSR count). The summed E-state index contributed by atoms with van der Waals surface area (Å²) in [5.41, 5.74) is 0.808. The summed E-state index contributed by atoms with van der Waals surface area (Å²) in [6.45, 7) is 7.46. The predicted octanol–water partition coefficient (Wildman–Crippen LogP) is 4.64. The lowest BCUT2D eigenvalue weighted by atomic mass is 10.0. The van der Waals surface area contributed by atoms with Gasteiger partial charge in [0.25, 0.3) is 15.9 Å². The van der Waals surface area contributed by atoms with Gasteiger partial charge in [-0.2, -0.15) is 0 Å². The molecule has 1 aliphatic heterocycles. The minimum atomic E-state index is -3.91. The van der Waals surface area contributed by atoms with Crippen LogP contribution in [0.3, 0.4) is 0 Å². The van der Waals surface area contributed by atoms with E-state index in [1.807, 2.05) is 0 Å². The number of likely N-dealkylation sites (tertiary alicyclic amines) is 1. The molecule has 0 aromatic heterocycles. The molecule has 0 atom stereocenters. The van der Waals surface area contributed by atoms with Crippen LogP contribution in [0.4, 0.5) is 5.69 Å². The Morgan fingerprint density at radius 3 is 2.35 bits per heavy atom. The Morgan fingerprint density at radius 1 is 1.10 bits per heavy atom. The Hall–Kier alpha value is -1.80. The van der Waals surface area contributed by atoms with Gasteiger partial charge in [-0.3, -0.25) is 9.52 Å². The van der Waals surface area contributed by atoms with E-state index in [2.05, 4.69) is 28.8 Å². The molecule has 0 radical (unpaired) electrons. The Balaban J connectivity index is 1.59. The minimum Gasteiger partial charge on any atom is -0.349 e. The summed E-state index contributed by atoms with van der Waals surface area (Å²) in [5.74, 6) is 0.478. The summed E-state index contributed by atoms with van der Waals surface area (Å²) in [6.07, 6.45) is 1.85. The van der Waals surface area contributed by atoms with Crippen LogP contribution >= 0.6 is 23.2 Å². The molecular weight excluding hydrogens is 457 g/mol. The lowest BCUT2D eigenvalue weighted by Crippen LogP contribution is -2.45. The van der Waals surface area contributed by atoms with Gasteiger partial charge in [-0.05, 0) is 61.2 Å². The fourth-order valence-corrected chi connectivity index (χ4v) is 5.45. The van der Waals surface area contributed by atoms with Crippen molar-refractivity contribution in [3.8, 4) is 0 Å².